The summed E-state index contributed by atoms with van der Waals surface area (Å²) in [7, 11) is 0. The quantitative estimate of drug-likeness (QED) is 0.795. The molecule has 0 bridgehead atoms. The van der Waals surface area contributed by atoms with Gasteiger partial charge in [0.25, 0.3) is 0 Å². The fourth-order valence-electron chi connectivity index (χ4n) is 1.06. The molecular weight excluding hydrogens is 260 g/mol. The fraction of sp³-hybridized carbons (Fsp3) is 0.222. The normalized spacial score (nSPS) is 12.1. The van der Waals surface area contributed by atoms with Crippen molar-refractivity contribution in [3.8, 4) is 11.0 Å². The molecule has 2 rings (SSSR count). The summed E-state index contributed by atoms with van der Waals surface area (Å²) in [5.41, 5.74) is 0. The minimum absolute atomic E-state index is 0.357. The van der Waals surface area contributed by atoms with E-state index < -0.39 is 18.4 Å². The van der Waals surface area contributed by atoms with Crippen molar-refractivity contribution in [2.24, 2.45) is 0 Å². The Balaban J connectivity index is 2.14. The molecular formula is C9H6F4N2OS. The molecule has 0 N–H and O–H groups in total. The molecule has 0 aromatic carbocycles. The maximum absolute atomic E-state index is 12.6. The fourth-order valence-corrected chi connectivity index (χ4v) is 1.75. The van der Waals surface area contributed by atoms with Gasteiger partial charge >= 0.3 is 12.5 Å². The molecule has 8 heteroatoms. The van der Waals surface area contributed by atoms with Crippen molar-refractivity contribution in [3.63, 3.8) is 0 Å². The number of thiazole rings is 1. The van der Waals surface area contributed by atoms with Gasteiger partial charge in [0.05, 0.1) is 5.38 Å². The predicted molar refractivity (Wildman–Crippen MR) is 53.0 cm³/mol. The molecule has 0 aliphatic rings. The summed E-state index contributed by atoms with van der Waals surface area (Å²) < 4.78 is 54.3. The van der Waals surface area contributed by atoms with Crippen molar-refractivity contribution in [3.05, 3.63) is 29.9 Å². The first-order valence-electron chi connectivity index (χ1n) is 4.43. The van der Waals surface area contributed by atoms with E-state index in [1.54, 1.807) is 29.1 Å². The standard InChI is InChI=1S/C9H6F4N2OS/c10-7(11)9(12,13)16-6-5-17-8(14-6)15-3-1-2-4-15/h1-5,7H. The predicted octanol–water partition coefficient (Wildman–Crippen LogP) is 3.17. The van der Waals surface area contributed by atoms with E-state index in [-0.39, 0.29) is 0 Å². The van der Waals surface area contributed by atoms with Crippen molar-refractivity contribution in [1.82, 2.24) is 9.55 Å². The third-order valence-electron chi connectivity index (χ3n) is 1.79. The number of halogens is 4. The van der Waals surface area contributed by atoms with Crippen molar-refractivity contribution >= 4 is 11.3 Å². The van der Waals surface area contributed by atoms with Crippen LogP contribution in [0.25, 0.3) is 5.13 Å². The van der Waals surface area contributed by atoms with Crippen LogP contribution in [0.3, 0.4) is 0 Å². The van der Waals surface area contributed by atoms with Crippen molar-refractivity contribution in [2.75, 3.05) is 0 Å². The van der Waals surface area contributed by atoms with Crippen LogP contribution in [-0.4, -0.2) is 22.1 Å². The van der Waals surface area contributed by atoms with Crippen LogP contribution < -0.4 is 4.74 Å². The second-order valence-corrected chi connectivity index (χ2v) is 3.86. The maximum atomic E-state index is 12.6. The number of nitrogens with zero attached hydrogens (tertiary/aromatic N) is 2. The van der Waals surface area contributed by atoms with E-state index in [2.05, 4.69) is 9.72 Å². The molecule has 0 fully saturated rings. The van der Waals surface area contributed by atoms with Gasteiger partial charge in [0.1, 0.15) is 0 Å². The highest BCUT2D eigenvalue weighted by molar-refractivity contribution is 7.12. The van der Waals surface area contributed by atoms with Crippen LogP contribution >= 0.6 is 11.3 Å². The van der Waals surface area contributed by atoms with E-state index in [4.69, 9.17) is 0 Å². The molecule has 92 valence electrons. The highest BCUT2D eigenvalue weighted by Crippen LogP contribution is 2.29. The SMILES string of the molecule is FC(F)C(F)(F)Oc1csc(-n2cccc2)n1. The van der Waals surface area contributed by atoms with E-state index >= 15 is 0 Å². The number of rotatable bonds is 4. The molecule has 0 spiro atoms. The molecule has 0 unspecified atom stereocenters. The highest BCUT2D eigenvalue weighted by atomic mass is 32.1. The molecule has 2 aromatic rings. The van der Waals surface area contributed by atoms with E-state index in [9.17, 15) is 17.6 Å². The lowest BCUT2D eigenvalue weighted by atomic mass is 10.6. The van der Waals surface area contributed by atoms with Crippen LogP contribution in [0, 0.1) is 0 Å². The number of ether oxygens (including phenoxy) is 1. The van der Waals surface area contributed by atoms with Gasteiger partial charge in [-0.2, -0.15) is 22.5 Å². The average Bonchev–Trinajstić information content (AvgIpc) is 2.85. The van der Waals surface area contributed by atoms with Gasteiger partial charge in [-0.1, -0.05) is 0 Å². The lowest BCUT2D eigenvalue weighted by Crippen LogP contribution is -2.33. The summed E-state index contributed by atoms with van der Waals surface area (Å²) in [6.07, 6.45) is -5.12. The van der Waals surface area contributed by atoms with Crippen molar-refractivity contribution in [2.45, 2.75) is 12.5 Å². The highest BCUT2D eigenvalue weighted by Gasteiger charge is 2.44. The van der Waals surface area contributed by atoms with Crippen LogP contribution in [0.15, 0.2) is 29.9 Å². The molecule has 0 saturated carbocycles. The van der Waals surface area contributed by atoms with Crippen molar-refractivity contribution in [1.29, 1.82) is 0 Å². The lowest BCUT2D eigenvalue weighted by molar-refractivity contribution is -0.254. The van der Waals surface area contributed by atoms with Gasteiger partial charge in [0.2, 0.25) is 5.88 Å². The summed E-state index contributed by atoms with van der Waals surface area (Å²) in [4.78, 5) is 3.67. The third-order valence-corrected chi connectivity index (χ3v) is 2.62. The Kier molecular flexibility index (Phi) is 3.05. The smallest absolute Gasteiger partial charge is 0.409 e. The maximum Gasteiger partial charge on any atom is 0.462 e. The molecule has 0 aliphatic carbocycles. The van der Waals surface area contributed by atoms with Gasteiger partial charge < -0.3 is 4.74 Å². The van der Waals surface area contributed by atoms with Crippen LogP contribution in [0.2, 0.25) is 0 Å². The summed E-state index contributed by atoms with van der Waals surface area (Å²) in [5, 5.41) is 1.50. The Hall–Kier alpha value is -1.57. The molecule has 0 saturated heterocycles. The molecule has 0 aliphatic heterocycles. The molecule has 0 amide bonds. The third kappa shape index (κ3) is 2.57. The van der Waals surface area contributed by atoms with Crippen LogP contribution in [0.5, 0.6) is 5.88 Å². The molecule has 2 aromatic heterocycles. The second-order valence-electron chi connectivity index (χ2n) is 3.02. The van der Waals surface area contributed by atoms with E-state index in [0.717, 1.165) is 16.7 Å². The van der Waals surface area contributed by atoms with Gasteiger partial charge in [-0.3, -0.25) is 4.57 Å². The van der Waals surface area contributed by atoms with Gasteiger partial charge in [-0.25, -0.2) is 0 Å². The number of aromatic nitrogens is 2. The first kappa shape index (κ1) is 11.9. The lowest BCUT2D eigenvalue weighted by Gasteiger charge is -2.14. The first-order valence-corrected chi connectivity index (χ1v) is 5.31. The first-order chi connectivity index (χ1) is 7.99. The van der Waals surface area contributed by atoms with Gasteiger partial charge in [0, 0.05) is 12.4 Å². The molecule has 2 heterocycles. The van der Waals surface area contributed by atoms with Crippen LogP contribution in [-0.2, 0) is 0 Å². The van der Waals surface area contributed by atoms with Gasteiger partial charge in [-0.05, 0) is 12.1 Å². The minimum atomic E-state index is -4.53. The second kappa shape index (κ2) is 4.36. The number of alkyl halides is 4. The molecule has 3 nitrogen and oxygen atoms in total. The summed E-state index contributed by atoms with van der Waals surface area (Å²) in [6, 6.07) is 3.44. The summed E-state index contributed by atoms with van der Waals surface area (Å²) in [6.45, 7) is 0. The van der Waals surface area contributed by atoms with E-state index in [1.165, 1.54) is 0 Å². The van der Waals surface area contributed by atoms with Crippen molar-refractivity contribution < 1.29 is 22.3 Å². The number of hydrogen-bond acceptors (Lipinski definition) is 3. The Morgan fingerprint density at radius 1 is 1.29 bits per heavy atom. The number of hydrogen-bond donors (Lipinski definition) is 0. The Labute approximate surface area is 97.3 Å². The van der Waals surface area contributed by atoms with Gasteiger partial charge in [0.15, 0.2) is 5.13 Å². The summed E-state index contributed by atoms with van der Waals surface area (Å²) in [5.74, 6) is -0.524. The topological polar surface area (TPSA) is 27.1 Å². The van der Waals surface area contributed by atoms with Crippen LogP contribution in [0.4, 0.5) is 17.6 Å². The monoisotopic (exact) mass is 266 g/mol. The summed E-state index contributed by atoms with van der Waals surface area (Å²) >= 11 is 1.01. The molecule has 17 heavy (non-hydrogen) atoms. The Morgan fingerprint density at radius 2 is 1.94 bits per heavy atom. The van der Waals surface area contributed by atoms with E-state index in [1.807, 2.05) is 0 Å². The Morgan fingerprint density at radius 3 is 2.53 bits per heavy atom. The molecule has 0 radical (unpaired) electrons. The van der Waals surface area contributed by atoms with Crippen LogP contribution in [0.1, 0.15) is 0 Å². The zero-order valence-electron chi connectivity index (χ0n) is 8.19. The molecule has 0 atom stereocenters. The zero-order chi connectivity index (χ0) is 12.5. The average molecular weight is 266 g/mol. The Bertz CT molecular complexity index is 483. The minimum Gasteiger partial charge on any atom is -0.409 e. The van der Waals surface area contributed by atoms with E-state index in [0.29, 0.717) is 5.13 Å². The largest absolute Gasteiger partial charge is 0.462 e. The zero-order valence-corrected chi connectivity index (χ0v) is 9.00. The van der Waals surface area contributed by atoms with Gasteiger partial charge in [-0.15, -0.1) is 11.3 Å².